The molecule has 1 N–H and O–H groups in total. The van der Waals surface area contributed by atoms with Gasteiger partial charge in [-0.3, -0.25) is 4.79 Å². The Morgan fingerprint density at radius 2 is 1.92 bits per heavy atom. The first kappa shape index (κ1) is 19.2. The summed E-state index contributed by atoms with van der Waals surface area (Å²) in [5, 5.41) is 4.32. The zero-order chi connectivity index (χ0) is 17.4. The molecular formula is C19H21Cl2NOS. The van der Waals surface area contributed by atoms with Crippen molar-refractivity contribution in [2.75, 3.05) is 5.75 Å². The quantitative estimate of drug-likeness (QED) is 0.666. The van der Waals surface area contributed by atoms with Crippen LogP contribution in [0, 0.1) is 0 Å². The number of carbonyl (C=O) groups is 1. The molecule has 2 aromatic carbocycles. The van der Waals surface area contributed by atoms with Crippen molar-refractivity contribution in [3.63, 3.8) is 0 Å². The Kier molecular flexibility index (Phi) is 7.97. The Labute approximate surface area is 157 Å². The van der Waals surface area contributed by atoms with Crippen LogP contribution in [-0.4, -0.2) is 17.7 Å². The summed E-state index contributed by atoms with van der Waals surface area (Å²) in [6.45, 7) is 2.04. The maximum Gasteiger partial charge on any atom is 0.230 e. The second kappa shape index (κ2) is 9.97. The van der Waals surface area contributed by atoms with Crippen LogP contribution in [0.15, 0.2) is 48.5 Å². The summed E-state index contributed by atoms with van der Waals surface area (Å²) in [6, 6.07) is 15.9. The molecule has 0 aliphatic rings. The first-order valence-electron chi connectivity index (χ1n) is 7.89. The topological polar surface area (TPSA) is 29.1 Å². The van der Waals surface area contributed by atoms with Gasteiger partial charge in [-0.25, -0.2) is 0 Å². The van der Waals surface area contributed by atoms with Gasteiger partial charge in [0.2, 0.25) is 5.91 Å². The van der Waals surface area contributed by atoms with E-state index < -0.39 is 0 Å². The third-order valence-electron chi connectivity index (χ3n) is 3.62. The van der Waals surface area contributed by atoms with Crippen molar-refractivity contribution >= 4 is 40.9 Å². The van der Waals surface area contributed by atoms with Gasteiger partial charge in [0.15, 0.2) is 0 Å². The second-order valence-corrected chi connectivity index (χ2v) is 7.55. The first-order chi connectivity index (χ1) is 11.5. The molecule has 0 heterocycles. The second-order valence-electron chi connectivity index (χ2n) is 5.72. The van der Waals surface area contributed by atoms with E-state index in [1.54, 1.807) is 17.8 Å². The molecule has 0 spiro atoms. The van der Waals surface area contributed by atoms with E-state index >= 15 is 0 Å². The number of carbonyl (C=O) groups excluding carboxylic acids is 1. The van der Waals surface area contributed by atoms with Crippen molar-refractivity contribution in [2.24, 2.45) is 0 Å². The van der Waals surface area contributed by atoms with Crippen LogP contribution in [-0.2, 0) is 17.0 Å². The first-order valence-corrected chi connectivity index (χ1v) is 9.80. The molecule has 0 fully saturated rings. The van der Waals surface area contributed by atoms with E-state index in [-0.39, 0.29) is 11.9 Å². The fourth-order valence-corrected chi connectivity index (χ4v) is 3.71. The molecule has 2 aromatic rings. The van der Waals surface area contributed by atoms with Gasteiger partial charge in [-0.05, 0) is 43.0 Å². The van der Waals surface area contributed by atoms with Crippen LogP contribution in [0.25, 0.3) is 0 Å². The molecule has 2 nitrogen and oxygen atoms in total. The highest BCUT2D eigenvalue weighted by Crippen LogP contribution is 2.24. The lowest BCUT2D eigenvalue weighted by Crippen LogP contribution is -2.34. The molecule has 1 amide bonds. The van der Waals surface area contributed by atoms with Gasteiger partial charge in [-0.2, -0.15) is 0 Å². The molecule has 0 radical (unpaired) electrons. The van der Waals surface area contributed by atoms with Crippen LogP contribution in [0.4, 0.5) is 0 Å². The lowest BCUT2D eigenvalue weighted by atomic mass is 10.1. The third-order valence-corrected chi connectivity index (χ3v) is 5.19. The van der Waals surface area contributed by atoms with Crippen molar-refractivity contribution in [1.82, 2.24) is 5.32 Å². The van der Waals surface area contributed by atoms with E-state index in [1.165, 1.54) is 5.56 Å². The van der Waals surface area contributed by atoms with Crippen molar-refractivity contribution in [3.05, 3.63) is 69.7 Å². The van der Waals surface area contributed by atoms with E-state index in [4.69, 9.17) is 23.2 Å². The summed E-state index contributed by atoms with van der Waals surface area (Å²) in [5.41, 5.74) is 2.29. The Morgan fingerprint density at radius 3 is 2.62 bits per heavy atom. The Morgan fingerprint density at radius 1 is 1.17 bits per heavy atom. The molecule has 2 rings (SSSR count). The van der Waals surface area contributed by atoms with Crippen LogP contribution < -0.4 is 5.32 Å². The number of halogens is 2. The third kappa shape index (κ3) is 6.76. The summed E-state index contributed by atoms with van der Waals surface area (Å²) in [7, 11) is 0. The molecule has 0 saturated carbocycles. The van der Waals surface area contributed by atoms with Crippen LogP contribution in [0.3, 0.4) is 0 Å². The van der Waals surface area contributed by atoms with Gasteiger partial charge in [-0.15, -0.1) is 11.8 Å². The van der Waals surface area contributed by atoms with Crippen LogP contribution in [0.2, 0.25) is 10.0 Å². The molecule has 0 aliphatic carbocycles. The zero-order valence-electron chi connectivity index (χ0n) is 13.6. The predicted octanol–water partition coefficient (Wildman–Crippen LogP) is 5.36. The highest BCUT2D eigenvalue weighted by molar-refractivity contribution is 7.99. The Hall–Kier alpha value is -1.16. The molecule has 1 atom stereocenters. The summed E-state index contributed by atoms with van der Waals surface area (Å²) in [4.78, 5) is 12.0. The largest absolute Gasteiger partial charge is 0.353 e. The average molecular weight is 382 g/mol. The minimum atomic E-state index is 0.0608. The van der Waals surface area contributed by atoms with Crippen LogP contribution in [0.5, 0.6) is 0 Å². The maximum atomic E-state index is 12.0. The monoisotopic (exact) mass is 381 g/mol. The number of rotatable bonds is 8. The number of nitrogens with one attached hydrogen (secondary N) is 1. The highest BCUT2D eigenvalue weighted by Gasteiger charge is 2.09. The number of thioether (sulfide) groups is 1. The lowest BCUT2D eigenvalue weighted by molar-refractivity contribution is -0.119. The van der Waals surface area contributed by atoms with Gasteiger partial charge in [0, 0.05) is 21.8 Å². The highest BCUT2D eigenvalue weighted by atomic mass is 35.5. The van der Waals surface area contributed by atoms with Gasteiger partial charge in [0.1, 0.15) is 0 Å². The summed E-state index contributed by atoms with van der Waals surface area (Å²) in [6.07, 6.45) is 1.90. The smallest absolute Gasteiger partial charge is 0.230 e. The molecule has 0 aromatic heterocycles. The van der Waals surface area contributed by atoms with Gasteiger partial charge in [0.25, 0.3) is 0 Å². The van der Waals surface area contributed by atoms with E-state index in [0.717, 1.165) is 18.4 Å². The number of amides is 1. The van der Waals surface area contributed by atoms with Crippen LogP contribution in [0.1, 0.15) is 24.5 Å². The fraction of sp³-hybridized carbons (Fsp3) is 0.316. The molecule has 0 unspecified atom stereocenters. The fourth-order valence-electron chi connectivity index (χ4n) is 2.31. The molecular weight excluding hydrogens is 361 g/mol. The number of benzene rings is 2. The van der Waals surface area contributed by atoms with Gasteiger partial charge >= 0.3 is 0 Å². The van der Waals surface area contributed by atoms with Crippen molar-refractivity contribution in [3.8, 4) is 0 Å². The van der Waals surface area contributed by atoms with Crippen molar-refractivity contribution < 1.29 is 4.79 Å². The van der Waals surface area contributed by atoms with Crippen LogP contribution >= 0.6 is 35.0 Å². The normalized spacial score (nSPS) is 12.0. The van der Waals surface area contributed by atoms with Crippen molar-refractivity contribution in [1.29, 1.82) is 0 Å². The summed E-state index contributed by atoms with van der Waals surface area (Å²) >= 11 is 13.6. The molecule has 5 heteroatoms. The predicted molar refractivity (Wildman–Crippen MR) is 105 cm³/mol. The number of hydrogen-bond acceptors (Lipinski definition) is 2. The summed E-state index contributed by atoms with van der Waals surface area (Å²) in [5.74, 6) is 1.18. The molecule has 128 valence electrons. The van der Waals surface area contributed by atoms with E-state index in [0.29, 0.717) is 21.6 Å². The van der Waals surface area contributed by atoms with Crippen molar-refractivity contribution in [2.45, 2.75) is 31.6 Å². The minimum Gasteiger partial charge on any atom is -0.353 e. The van der Waals surface area contributed by atoms with Gasteiger partial charge in [0.05, 0.1) is 5.75 Å². The molecule has 0 aliphatic heterocycles. The Balaban J connectivity index is 1.67. The number of aryl methyl sites for hydroxylation is 1. The standard InChI is InChI=1S/C19H21Cl2NOS/c1-14(7-8-15-5-3-2-4-6-15)22-19(23)13-24-12-16-9-10-17(20)11-18(16)21/h2-6,9-11,14H,7-8,12-13H2,1H3,(H,22,23)/t14-/m0/s1. The molecule has 24 heavy (non-hydrogen) atoms. The van der Waals surface area contributed by atoms with E-state index in [1.807, 2.05) is 37.3 Å². The maximum absolute atomic E-state index is 12.0. The van der Waals surface area contributed by atoms with E-state index in [2.05, 4.69) is 17.4 Å². The minimum absolute atomic E-state index is 0.0608. The average Bonchev–Trinajstić information content (AvgIpc) is 2.56. The SMILES string of the molecule is C[C@@H](CCc1ccccc1)NC(=O)CSCc1ccc(Cl)cc1Cl. The molecule has 0 saturated heterocycles. The molecule has 0 bridgehead atoms. The summed E-state index contributed by atoms with van der Waals surface area (Å²) < 4.78 is 0. The van der Waals surface area contributed by atoms with Gasteiger partial charge in [-0.1, -0.05) is 59.6 Å². The van der Waals surface area contributed by atoms with E-state index in [9.17, 15) is 4.79 Å². The zero-order valence-corrected chi connectivity index (χ0v) is 15.9. The lowest BCUT2D eigenvalue weighted by Gasteiger charge is -2.14. The number of hydrogen-bond donors (Lipinski definition) is 1. The Bertz CT molecular complexity index is 664. The van der Waals surface area contributed by atoms with Gasteiger partial charge < -0.3 is 5.32 Å².